The summed E-state index contributed by atoms with van der Waals surface area (Å²) in [6.07, 6.45) is 13.1. The second-order valence-corrected chi connectivity index (χ2v) is 6.03. The smallest absolute Gasteiger partial charge is 0.303 e. The molecule has 0 rings (SSSR count). The summed E-state index contributed by atoms with van der Waals surface area (Å²) in [5.74, 6) is -2.00. The third-order valence-corrected chi connectivity index (χ3v) is 3.89. The Morgan fingerprint density at radius 3 is 1.48 bits per heavy atom. The normalized spacial score (nSPS) is 11.0. The van der Waals surface area contributed by atoms with Gasteiger partial charge in [0.1, 0.15) is 0 Å². The van der Waals surface area contributed by atoms with Gasteiger partial charge in [0.05, 0.1) is 0 Å². The second-order valence-electron chi connectivity index (χ2n) is 6.03. The van der Waals surface area contributed by atoms with Gasteiger partial charge >= 0.3 is 11.9 Å². The summed E-state index contributed by atoms with van der Waals surface area (Å²) in [4.78, 5) is 21.4. The number of carboxylic acid groups (broad SMARTS) is 2. The zero-order chi connectivity index (χ0) is 15.9. The van der Waals surface area contributed by atoms with Crippen molar-refractivity contribution >= 4 is 11.9 Å². The molecule has 0 radical (unpaired) electrons. The molecule has 2 N–H and O–H groups in total. The lowest BCUT2D eigenvalue weighted by Gasteiger charge is -2.11. The molecule has 0 spiro atoms. The van der Waals surface area contributed by atoms with E-state index in [4.69, 9.17) is 10.2 Å². The molecule has 0 fully saturated rings. The average molecular weight is 300 g/mol. The van der Waals surface area contributed by atoms with Crippen molar-refractivity contribution in [3.63, 3.8) is 0 Å². The Morgan fingerprint density at radius 2 is 1.10 bits per heavy atom. The maximum atomic E-state index is 10.7. The number of carbonyl (C=O) groups is 2. The topological polar surface area (TPSA) is 74.6 Å². The fourth-order valence-corrected chi connectivity index (χ4v) is 2.69. The van der Waals surface area contributed by atoms with Gasteiger partial charge in [-0.3, -0.25) is 9.59 Å². The van der Waals surface area contributed by atoms with E-state index in [1.54, 1.807) is 0 Å². The predicted octanol–water partition coefficient (Wildman–Crippen LogP) is 4.86. The highest BCUT2D eigenvalue weighted by molar-refractivity contribution is 5.70. The van der Waals surface area contributed by atoms with Crippen molar-refractivity contribution in [2.45, 2.75) is 90.4 Å². The van der Waals surface area contributed by atoms with Crippen molar-refractivity contribution in [1.29, 1.82) is 0 Å². The molecule has 0 aromatic carbocycles. The molecular formula is C17H32O4. The van der Waals surface area contributed by atoms with Crippen LogP contribution in [0.1, 0.15) is 90.4 Å². The third-order valence-electron chi connectivity index (χ3n) is 3.89. The first-order chi connectivity index (χ1) is 10.1. The Morgan fingerprint density at radius 1 is 0.714 bits per heavy atom. The molecule has 0 unspecified atom stereocenters. The van der Waals surface area contributed by atoms with Crippen LogP contribution in [0.25, 0.3) is 0 Å². The van der Waals surface area contributed by atoms with Gasteiger partial charge in [-0.05, 0) is 12.3 Å². The second kappa shape index (κ2) is 13.9. The fourth-order valence-electron chi connectivity index (χ4n) is 2.69. The number of rotatable bonds is 15. The lowest BCUT2D eigenvalue weighted by atomic mass is 9.94. The zero-order valence-electron chi connectivity index (χ0n) is 13.5. The number of unbranched alkanes of at least 4 members (excludes halogenated alkanes) is 9. The molecule has 0 aromatic heterocycles. The SMILES string of the molecule is CCCCCCCCCCCCC(CC(=O)O)CC(=O)O. The van der Waals surface area contributed by atoms with E-state index in [0.29, 0.717) is 0 Å². The van der Waals surface area contributed by atoms with Crippen LogP contribution in [0.5, 0.6) is 0 Å². The Labute approximate surface area is 128 Å². The van der Waals surface area contributed by atoms with Crippen LogP contribution in [0.3, 0.4) is 0 Å². The first kappa shape index (κ1) is 19.9. The van der Waals surface area contributed by atoms with Crippen LogP contribution in [-0.4, -0.2) is 22.2 Å². The first-order valence-electron chi connectivity index (χ1n) is 8.49. The summed E-state index contributed by atoms with van der Waals surface area (Å²) in [6, 6.07) is 0. The van der Waals surface area contributed by atoms with Gasteiger partial charge in [-0.25, -0.2) is 0 Å². The number of hydrogen-bond acceptors (Lipinski definition) is 2. The molecule has 21 heavy (non-hydrogen) atoms. The Balaban J connectivity index is 3.48. The molecule has 4 heteroatoms. The van der Waals surface area contributed by atoms with Gasteiger partial charge in [-0.15, -0.1) is 0 Å². The van der Waals surface area contributed by atoms with E-state index in [1.807, 2.05) is 0 Å². The van der Waals surface area contributed by atoms with E-state index in [9.17, 15) is 9.59 Å². The van der Waals surface area contributed by atoms with Crippen LogP contribution >= 0.6 is 0 Å². The highest BCUT2D eigenvalue weighted by Crippen LogP contribution is 2.19. The summed E-state index contributed by atoms with van der Waals surface area (Å²) < 4.78 is 0. The Kier molecular flexibility index (Phi) is 13.2. The highest BCUT2D eigenvalue weighted by atomic mass is 16.4. The molecule has 0 atom stereocenters. The molecule has 0 aromatic rings. The van der Waals surface area contributed by atoms with Crippen molar-refractivity contribution in [2.24, 2.45) is 5.92 Å². The third kappa shape index (κ3) is 15.2. The van der Waals surface area contributed by atoms with Crippen LogP contribution in [-0.2, 0) is 9.59 Å². The fraction of sp³-hybridized carbons (Fsp3) is 0.882. The molecule has 0 aliphatic carbocycles. The van der Waals surface area contributed by atoms with Crippen molar-refractivity contribution in [1.82, 2.24) is 0 Å². The van der Waals surface area contributed by atoms with Crippen LogP contribution in [0.4, 0.5) is 0 Å². The maximum Gasteiger partial charge on any atom is 0.303 e. The minimum absolute atomic E-state index is 0.0241. The van der Waals surface area contributed by atoms with E-state index >= 15 is 0 Å². The van der Waals surface area contributed by atoms with Crippen LogP contribution in [0.15, 0.2) is 0 Å². The lowest BCUT2D eigenvalue weighted by Crippen LogP contribution is -2.12. The van der Waals surface area contributed by atoms with E-state index in [1.165, 1.54) is 51.4 Å². The van der Waals surface area contributed by atoms with Gasteiger partial charge in [0.2, 0.25) is 0 Å². The average Bonchev–Trinajstić information content (AvgIpc) is 2.39. The molecule has 0 saturated carbocycles. The summed E-state index contributed by atoms with van der Waals surface area (Å²) in [5, 5.41) is 17.5. The van der Waals surface area contributed by atoms with Crippen LogP contribution in [0, 0.1) is 5.92 Å². The van der Waals surface area contributed by atoms with Crippen molar-refractivity contribution in [3.05, 3.63) is 0 Å². The van der Waals surface area contributed by atoms with E-state index in [-0.39, 0.29) is 18.8 Å². The molecule has 0 aliphatic rings. The number of aliphatic carboxylic acids is 2. The molecular weight excluding hydrogens is 268 g/mol. The molecule has 0 amide bonds. The van der Waals surface area contributed by atoms with Crippen molar-refractivity contribution < 1.29 is 19.8 Å². The summed E-state index contributed by atoms with van der Waals surface area (Å²) in [6.45, 7) is 2.22. The Hall–Kier alpha value is -1.06. The highest BCUT2D eigenvalue weighted by Gasteiger charge is 2.16. The van der Waals surface area contributed by atoms with Gasteiger partial charge < -0.3 is 10.2 Å². The van der Waals surface area contributed by atoms with E-state index in [0.717, 1.165) is 19.3 Å². The van der Waals surface area contributed by atoms with E-state index < -0.39 is 11.9 Å². The zero-order valence-corrected chi connectivity index (χ0v) is 13.5. The molecule has 124 valence electrons. The van der Waals surface area contributed by atoms with Gasteiger partial charge in [-0.2, -0.15) is 0 Å². The quantitative estimate of drug-likeness (QED) is 0.423. The summed E-state index contributed by atoms with van der Waals surface area (Å²) in [5.41, 5.74) is 0. The molecule has 4 nitrogen and oxygen atoms in total. The standard InChI is InChI=1S/C17H32O4/c1-2-3-4-5-6-7-8-9-10-11-12-15(13-16(18)19)14-17(20)21/h15H,2-14H2,1H3,(H,18,19)(H,20,21). The summed E-state index contributed by atoms with van der Waals surface area (Å²) in [7, 11) is 0. The molecule has 0 saturated heterocycles. The molecule has 0 bridgehead atoms. The minimum Gasteiger partial charge on any atom is -0.481 e. The number of carboxylic acids is 2. The van der Waals surface area contributed by atoms with Gasteiger partial charge in [0.15, 0.2) is 0 Å². The molecule has 0 heterocycles. The largest absolute Gasteiger partial charge is 0.481 e. The van der Waals surface area contributed by atoms with Gasteiger partial charge in [0, 0.05) is 12.8 Å². The lowest BCUT2D eigenvalue weighted by molar-refractivity contribution is -0.140. The van der Waals surface area contributed by atoms with Gasteiger partial charge in [-0.1, -0.05) is 71.1 Å². The first-order valence-corrected chi connectivity index (χ1v) is 8.49. The van der Waals surface area contributed by atoms with E-state index in [2.05, 4.69) is 6.92 Å². The monoisotopic (exact) mass is 300 g/mol. The van der Waals surface area contributed by atoms with Crippen molar-refractivity contribution in [2.75, 3.05) is 0 Å². The summed E-state index contributed by atoms with van der Waals surface area (Å²) >= 11 is 0. The number of hydrogen-bond donors (Lipinski definition) is 2. The van der Waals surface area contributed by atoms with Crippen molar-refractivity contribution in [3.8, 4) is 0 Å². The Bertz CT molecular complexity index is 260. The van der Waals surface area contributed by atoms with Gasteiger partial charge in [0.25, 0.3) is 0 Å². The minimum atomic E-state index is -0.895. The maximum absolute atomic E-state index is 10.7. The predicted molar refractivity (Wildman–Crippen MR) is 84.5 cm³/mol. The van der Waals surface area contributed by atoms with Crippen LogP contribution in [0.2, 0.25) is 0 Å². The van der Waals surface area contributed by atoms with Crippen LogP contribution < -0.4 is 0 Å². The molecule has 0 aliphatic heterocycles.